The highest BCUT2D eigenvalue weighted by Gasteiger charge is 2.12. The van der Waals surface area contributed by atoms with Gasteiger partial charge in [-0.15, -0.1) is 0 Å². The summed E-state index contributed by atoms with van der Waals surface area (Å²) in [6.07, 6.45) is 0. The van der Waals surface area contributed by atoms with Crippen LogP contribution in [0.25, 0.3) is 10.9 Å². The molecular weight excluding hydrogens is 305 g/mol. The van der Waals surface area contributed by atoms with E-state index in [2.05, 4.69) is 15.6 Å². The largest absolute Gasteiger partial charge is 0.383 e. The predicted octanol–water partition coefficient (Wildman–Crippen LogP) is 4.10. The Bertz CT molecular complexity index is 879. The molecule has 2 N–H and O–H groups in total. The van der Waals surface area contributed by atoms with Crippen molar-refractivity contribution in [3.63, 3.8) is 0 Å². The van der Waals surface area contributed by atoms with E-state index in [0.29, 0.717) is 18.8 Å². The maximum absolute atomic E-state index is 13.7. The van der Waals surface area contributed by atoms with Gasteiger partial charge in [-0.25, -0.2) is 9.37 Å². The number of Topliss-reactive ketones (excluding diaryl/α,β-unsaturated/α-hetero) is 1. The Hall–Kier alpha value is -2.95. The number of halogens is 1. The lowest BCUT2D eigenvalue weighted by atomic mass is 10.1. The fourth-order valence-electron chi connectivity index (χ4n) is 2.58. The fraction of sp³-hybridized carbons (Fsp3) is 0.158. The minimum Gasteiger partial charge on any atom is -0.383 e. The van der Waals surface area contributed by atoms with E-state index in [1.807, 2.05) is 36.4 Å². The molecule has 0 unspecified atom stereocenters. The van der Waals surface area contributed by atoms with E-state index in [1.165, 1.54) is 13.0 Å². The lowest BCUT2D eigenvalue weighted by Crippen LogP contribution is -2.16. The van der Waals surface area contributed by atoms with Crippen molar-refractivity contribution in [1.29, 1.82) is 0 Å². The summed E-state index contributed by atoms with van der Waals surface area (Å²) in [4.78, 5) is 16.1. The summed E-state index contributed by atoms with van der Waals surface area (Å²) in [5.41, 5.74) is 1.54. The van der Waals surface area contributed by atoms with Crippen molar-refractivity contribution < 1.29 is 9.18 Å². The number of hydrogen-bond acceptors (Lipinski definition) is 4. The first-order valence-electron chi connectivity index (χ1n) is 7.78. The number of para-hydroxylation sites is 1. The first-order chi connectivity index (χ1) is 11.6. The molecule has 0 saturated carbocycles. The fourth-order valence-corrected chi connectivity index (χ4v) is 2.58. The number of carbonyl (C=O) groups is 1. The Balaban J connectivity index is 1.61. The second kappa shape index (κ2) is 7.08. The molecule has 0 aliphatic rings. The van der Waals surface area contributed by atoms with E-state index in [4.69, 9.17) is 0 Å². The maximum Gasteiger partial charge on any atom is 0.164 e. The first kappa shape index (κ1) is 15.9. The monoisotopic (exact) mass is 323 g/mol. The average molecular weight is 323 g/mol. The van der Waals surface area contributed by atoms with Crippen LogP contribution in [-0.2, 0) is 0 Å². The highest BCUT2D eigenvalue weighted by atomic mass is 19.1. The molecule has 1 heterocycles. The quantitative estimate of drug-likeness (QED) is 0.530. The molecule has 3 rings (SSSR count). The van der Waals surface area contributed by atoms with Gasteiger partial charge in [-0.05, 0) is 37.3 Å². The normalized spacial score (nSPS) is 10.6. The number of hydrogen-bond donors (Lipinski definition) is 2. The number of nitrogens with zero attached hydrogens (tertiary/aromatic N) is 1. The molecule has 0 fully saturated rings. The van der Waals surface area contributed by atoms with Gasteiger partial charge in [0.15, 0.2) is 5.78 Å². The standard InChI is InChI=1S/C19H18FN3O/c1-13(24)19-15(20)6-4-8-17(19)21-11-12-22-18-10-9-14-5-2-3-7-16(14)23-18/h2-10,21H,11-12H2,1H3,(H,22,23). The third-order valence-corrected chi connectivity index (χ3v) is 3.71. The minimum absolute atomic E-state index is 0.0985. The van der Waals surface area contributed by atoms with Crippen molar-refractivity contribution in [3.05, 3.63) is 66.0 Å². The molecule has 0 amide bonds. The van der Waals surface area contributed by atoms with E-state index >= 15 is 0 Å². The Morgan fingerprint density at radius 2 is 1.79 bits per heavy atom. The molecule has 2 aromatic carbocycles. The summed E-state index contributed by atoms with van der Waals surface area (Å²) in [6, 6.07) is 16.4. The van der Waals surface area contributed by atoms with Crippen LogP contribution >= 0.6 is 0 Å². The minimum atomic E-state index is -0.503. The number of aromatic nitrogens is 1. The lowest BCUT2D eigenvalue weighted by molar-refractivity contribution is 0.101. The molecule has 122 valence electrons. The molecule has 0 spiro atoms. The highest BCUT2D eigenvalue weighted by molar-refractivity contribution is 5.99. The van der Waals surface area contributed by atoms with Gasteiger partial charge in [0.1, 0.15) is 11.6 Å². The summed E-state index contributed by atoms with van der Waals surface area (Å²) < 4.78 is 13.7. The van der Waals surface area contributed by atoms with Gasteiger partial charge in [0, 0.05) is 24.2 Å². The Morgan fingerprint density at radius 1 is 1.00 bits per heavy atom. The van der Waals surface area contributed by atoms with Crippen LogP contribution in [0.3, 0.4) is 0 Å². The SMILES string of the molecule is CC(=O)c1c(F)cccc1NCCNc1ccc2ccccc2n1. The predicted molar refractivity (Wildman–Crippen MR) is 95.1 cm³/mol. The first-order valence-corrected chi connectivity index (χ1v) is 7.78. The average Bonchev–Trinajstić information content (AvgIpc) is 2.58. The van der Waals surface area contributed by atoms with Crippen molar-refractivity contribution in [3.8, 4) is 0 Å². The summed E-state index contributed by atoms with van der Waals surface area (Å²) in [5, 5.41) is 7.40. The third-order valence-electron chi connectivity index (χ3n) is 3.71. The molecule has 0 aliphatic carbocycles. The Labute approximate surface area is 139 Å². The number of carbonyl (C=O) groups excluding carboxylic acids is 1. The van der Waals surface area contributed by atoms with Gasteiger partial charge in [0.25, 0.3) is 0 Å². The van der Waals surface area contributed by atoms with E-state index in [1.54, 1.807) is 12.1 Å². The summed E-state index contributed by atoms with van der Waals surface area (Å²) in [5.74, 6) is -0.0158. The number of benzene rings is 2. The number of fused-ring (bicyclic) bond motifs is 1. The van der Waals surface area contributed by atoms with Gasteiger partial charge in [-0.3, -0.25) is 4.79 Å². The number of anilines is 2. The third kappa shape index (κ3) is 3.51. The number of ketones is 1. The van der Waals surface area contributed by atoms with Crippen molar-refractivity contribution in [2.24, 2.45) is 0 Å². The molecule has 3 aromatic rings. The smallest absolute Gasteiger partial charge is 0.164 e. The maximum atomic E-state index is 13.7. The zero-order chi connectivity index (χ0) is 16.9. The van der Waals surface area contributed by atoms with Gasteiger partial charge in [-0.2, -0.15) is 0 Å². The second-order valence-electron chi connectivity index (χ2n) is 5.46. The lowest BCUT2D eigenvalue weighted by Gasteiger charge is -2.12. The van der Waals surface area contributed by atoms with Crippen molar-refractivity contribution in [1.82, 2.24) is 4.98 Å². The van der Waals surface area contributed by atoms with Crippen LogP contribution in [0.5, 0.6) is 0 Å². The molecular formula is C19H18FN3O. The van der Waals surface area contributed by atoms with Crippen molar-refractivity contribution >= 4 is 28.2 Å². The molecule has 0 radical (unpaired) electrons. The van der Waals surface area contributed by atoms with Gasteiger partial charge in [0.05, 0.1) is 11.1 Å². The Morgan fingerprint density at radius 3 is 2.62 bits per heavy atom. The van der Waals surface area contributed by atoms with Crippen LogP contribution in [0.4, 0.5) is 15.9 Å². The van der Waals surface area contributed by atoms with Crippen molar-refractivity contribution in [2.75, 3.05) is 23.7 Å². The molecule has 4 nitrogen and oxygen atoms in total. The zero-order valence-corrected chi connectivity index (χ0v) is 13.3. The van der Waals surface area contributed by atoms with Gasteiger partial charge in [0.2, 0.25) is 0 Å². The van der Waals surface area contributed by atoms with Gasteiger partial charge < -0.3 is 10.6 Å². The number of nitrogens with one attached hydrogen (secondary N) is 2. The van der Waals surface area contributed by atoms with Crippen LogP contribution in [0.15, 0.2) is 54.6 Å². The molecule has 24 heavy (non-hydrogen) atoms. The number of pyridine rings is 1. The van der Waals surface area contributed by atoms with E-state index < -0.39 is 5.82 Å². The van der Waals surface area contributed by atoms with Gasteiger partial charge in [-0.1, -0.05) is 24.3 Å². The Kier molecular flexibility index (Phi) is 4.70. The van der Waals surface area contributed by atoms with Crippen LogP contribution in [-0.4, -0.2) is 23.9 Å². The van der Waals surface area contributed by atoms with Crippen LogP contribution in [0.1, 0.15) is 17.3 Å². The van der Waals surface area contributed by atoms with Crippen molar-refractivity contribution in [2.45, 2.75) is 6.92 Å². The molecule has 0 bridgehead atoms. The van der Waals surface area contributed by atoms with E-state index in [9.17, 15) is 9.18 Å². The van der Waals surface area contributed by atoms with Crippen LogP contribution < -0.4 is 10.6 Å². The molecule has 5 heteroatoms. The van der Waals surface area contributed by atoms with E-state index in [-0.39, 0.29) is 11.3 Å². The van der Waals surface area contributed by atoms with E-state index in [0.717, 1.165) is 16.7 Å². The summed E-state index contributed by atoms with van der Waals surface area (Å²) >= 11 is 0. The second-order valence-corrected chi connectivity index (χ2v) is 5.46. The summed E-state index contributed by atoms with van der Waals surface area (Å²) in [7, 11) is 0. The molecule has 0 atom stereocenters. The molecule has 0 saturated heterocycles. The molecule has 1 aromatic heterocycles. The number of rotatable bonds is 6. The zero-order valence-electron chi connectivity index (χ0n) is 13.3. The topological polar surface area (TPSA) is 54.0 Å². The van der Waals surface area contributed by atoms with Crippen LogP contribution in [0.2, 0.25) is 0 Å². The molecule has 0 aliphatic heterocycles. The highest BCUT2D eigenvalue weighted by Crippen LogP contribution is 2.19. The van der Waals surface area contributed by atoms with Crippen LogP contribution in [0, 0.1) is 5.82 Å². The summed E-state index contributed by atoms with van der Waals surface area (Å²) in [6.45, 7) is 2.50. The van der Waals surface area contributed by atoms with Gasteiger partial charge >= 0.3 is 0 Å².